The zero-order valence-corrected chi connectivity index (χ0v) is 19.7. The van der Waals surface area contributed by atoms with Crippen molar-refractivity contribution in [3.63, 3.8) is 0 Å². The lowest BCUT2D eigenvalue weighted by Gasteiger charge is -2.34. The van der Waals surface area contributed by atoms with Crippen LogP contribution >= 0.6 is 34.7 Å². The number of sulfonamides is 1. The molecule has 0 saturated carbocycles. The Hall–Kier alpha value is -1.91. The summed E-state index contributed by atoms with van der Waals surface area (Å²) in [6, 6.07) is 13.7. The Labute approximate surface area is 194 Å². The third-order valence-electron chi connectivity index (χ3n) is 4.95. The van der Waals surface area contributed by atoms with Crippen LogP contribution < -0.4 is 0 Å². The molecule has 1 fully saturated rings. The van der Waals surface area contributed by atoms with Crippen LogP contribution in [-0.2, 0) is 15.8 Å². The summed E-state index contributed by atoms with van der Waals surface area (Å²) in [5.41, 5.74) is 3.42. The van der Waals surface area contributed by atoms with E-state index in [0.29, 0.717) is 29.4 Å². The van der Waals surface area contributed by atoms with E-state index in [1.807, 2.05) is 29.6 Å². The van der Waals surface area contributed by atoms with E-state index in [0.717, 1.165) is 10.6 Å². The van der Waals surface area contributed by atoms with Crippen molar-refractivity contribution in [1.29, 1.82) is 0 Å². The minimum absolute atomic E-state index is 0.0788. The highest BCUT2D eigenvalue weighted by Gasteiger charge is 2.31. The first-order valence-corrected chi connectivity index (χ1v) is 13.3. The number of hydrogen-bond acceptors (Lipinski definition) is 6. The van der Waals surface area contributed by atoms with E-state index in [1.54, 1.807) is 45.6 Å². The van der Waals surface area contributed by atoms with Crippen LogP contribution in [0.2, 0.25) is 5.02 Å². The fourth-order valence-electron chi connectivity index (χ4n) is 3.29. The van der Waals surface area contributed by atoms with Gasteiger partial charge in [0.15, 0.2) is 0 Å². The average molecular weight is 494 g/mol. The number of hydrogen-bond donors (Lipinski definition) is 0. The van der Waals surface area contributed by atoms with E-state index in [4.69, 9.17) is 11.6 Å². The van der Waals surface area contributed by atoms with Crippen molar-refractivity contribution in [3.05, 3.63) is 75.7 Å². The molecule has 1 aliphatic rings. The lowest BCUT2D eigenvalue weighted by Crippen LogP contribution is -2.50. The van der Waals surface area contributed by atoms with Crippen LogP contribution in [0.25, 0.3) is 0 Å². The molecule has 2 aromatic carbocycles. The van der Waals surface area contributed by atoms with Crippen molar-refractivity contribution >= 4 is 50.6 Å². The normalized spacial score (nSPS) is 15.2. The summed E-state index contributed by atoms with van der Waals surface area (Å²) < 4.78 is 27.2. The third kappa shape index (κ3) is 5.12. The van der Waals surface area contributed by atoms with Crippen molar-refractivity contribution < 1.29 is 13.2 Å². The van der Waals surface area contributed by atoms with Gasteiger partial charge in [-0.1, -0.05) is 23.7 Å². The standard InChI is InChI=1S/C21H20ClN3O3S3/c22-16-5-7-18(8-6-16)31(27,28)25-11-9-24(10-12-25)21(26)19-3-1-2-4-20(19)30-14-17-13-29-15-23-17/h1-8,13,15H,9-12,14H2. The molecule has 2 heterocycles. The number of thiazole rings is 1. The van der Waals surface area contributed by atoms with Gasteiger partial charge in [0.1, 0.15) is 0 Å². The van der Waals surface area contributed by atoms with Crippen LogP contribution in [-0.4, -0.2) is 54.7 Å². The molecule has 6 nitrogen and oxygen atoms in total. The Bertz CT molecular complexity index is 1140. The maximum atomic E-state index is 13.2. The van der Waals surface area contributed by atoms with Crippen LogP contribution in [0, 0.1) is 0 Å². The summed E-state index contributed by atoms with van der Waals surface area (Å²) in [5.74, 6) is 0.617. The maximum absolute atomic E-state index is 13.2. The average Bonchev–Trinajstić information content (AvgIpc) is 3.31. The quantitative estimate of drug-likeness (QED) is 0.480. The molecular formula is C21H20ClN3O3S3. The van der Waals surface area contributed by atoms with Crippen molar-refractivity contribution in [1.82, 2.24) is 14.2 Å². The van der Waals surface area contributed by atoms with Gasteiger partial charge in [0, 0.05) is 47.2 Å². The molecule has 0 radical (unpaired) electrons. The Balaban J connectivity index is 1.42. The number of aromatic nitrogens is 1. The Morgan fingerprint density at radius 1 is 1.06 bits per heavy atom. The minimum atomic E-state index is -3.61. The molecule has 0 aliphatic carbocycles. The molecule has 1 aliphatic heterocycles. The molecule has 10 heteroatoms. The van der Waals surface area contributed by atoms with Crippen LogP contribution in [0.5, 0.6) is 0 Å². The van der Waals surface area contributed by atoms with E-state index in [9.17, 15) is 13.2 Å². The van der Waals surface area contributed by atoms with Crippen molar-refractivity contribution in [2.24, 2.45) is 0 Å². The molecule has 1 amide bonds. The van der Waals surface area contributed by atoms with Gasteiger partial charge < -0.3 is 4.90 Å². The molecule has 0 bridgehead atoms. The van der Waals surface area contributed by atoms with Crippen molar-refractivity contribution in [3.8, 4) is 0 Å². The highest BCUT2D eigenvalue weighted by Crippen LogP contribution is 2.28. The zero-order valence-electron chi connectivity index (χ0n) is 16.5. The van der Waals surface area contributed by atoms with Gasteiger partial charge in [-0.15, -0.1) is 23.1 Å². The van der Waals surface area contributed by atoms with Crippen molar-refractivity contribution in [2.75, 3.05) is 26.2 Å². The van der Waals surface area contributed by atoms with Gasteiger partial charge in [-0.05, 0) is 36.4 Å². The van der Waals surface area contributed by atoms with Gasteiger partial charge in [-0.25, -0.2) is 13.4 Å². The minimum Gasteiger partial charge on any atom is -0.336 e. The molecule has 1 aromatic heterocycles. The van der Waals surface area contributed by atoms with Gasteiger partial charge in [-0.2, -0.15) is 4.31 Å². The SMILES string of the molecule is O=C(c1ccccc1SCc1cscn1)N1CCN(S(=O)(=O)c2ccc(Cl)cc2)CC1. The fraction of sp³-hybridized carbons (Fsp3) is 0.238. The fourth-order valence-corrected chi connectivity index (χ4v) is 6.45. The number of nitrogens with zero attached hydrogens (tertiary/aromatic N) is 3. The van der Waals surface area contributed by atoms with E-state index in [1.165, 1.54) is 16.4 Å². The first kappa shape index (κ1) is 22.3. The number of benzene rings is 2. The summed E-state index contributed by atoms with van der Waals surface area (Å²) in [6.07, 6.45) is 0. The summed E-state index contributed by atoms with van der Waals surface area (Å²) in [7, 11) is -3.61. The third-order valence-corrected chi connectivity index (χ3v) is 8.86. The maximum Gasteiger partial charge on any atom is 0.255 e. The number of halogens is 1. The predicted molar refractivity (Wildman–Crippen MR) is 124 cm³/mol. The molecule has 0 N–H and O–H groups in total. The summed E-state index contributed by atoms with van der Waals surface area (Å²) in [6.45, 7) is 1.20. The first-order chi connectivity index (χ1) is 14.9. The van der Waals surface area contributed by atoms with Gasteiger partial charge in [0.25, 0.3) is 5.91 Å². The predicted octanol–water partition coefficient (Wildman–Crippen LogP) is 4.24. The second-order valence-corrected chi connectivity index (χ2v) is 11.0. The largest absolute Gasteiger partial charge is 0.336 e. The second kappa shape index (κ2) is 9.70. The monoisotopic (exact) mass is 493 g/mol. The summed E-state index contributed by atoms with van der Waals surface area (Å²) in [5, 5.41) is 2.48. The number of rotatable bonds is 6. The van der Waals surface area contributed by atoms with E-state index >= 15 is 0 Å². The van der Waals surface area contributed by atoms with Gasteiger partial charge >= 0.3 is 0 Å². The number of thioether (sulfide) groups is 1. The molecule has 1 saturated heterocycles. The number of carbonyl (C=O) groups is 1. The van der Waals surface area contributed by atoms with E-state index in [-0.39, 0.29) is 23.9 Å². The molecule has 162 valence electrons. The topological polar surface area (TPSA) is 70.6 Å². The lowest BCUT2D eigenvalue weighted by atomic mass is 10.2. The highest BCUT2D eigenvalue weighted by atomic mass is 35.5. The molecule has 3 aromatic rings. The molecule has 0 spiro atoms. The van der Waals surface area contributed by atoms with Crippen molar-refractivity contribution in [2.45, 2.75) is 15.5 Å². The Morgan fingerprint density at radius 3 is 2.45 bits per heavy atom. The zero-order chi connectivity index (χ0) is 21.8. The number of carbonyl (C=O) groups excluding carboxylic acids is 1. The molecular weight excluding hydrogens is 474 g/mol. The summed E-state index contributed by atoms with van der Waals surface area (Å²) in [4.78, 5) is 20.3. The van der Waals surface area contributed by atoms with Crippen LogP contribution in [0.4, 0.5) is 0 Å². The van der Waals surface area contributed by atoms with E-state index < -0.39 is 10.0 Å². The van der Waals surface area contributed by atoms with Gasteiger partial charge in [0.2, 0.25) is 10.0 Å². The van der Waals surface area contributed by atoms with Gasteiger partial charge in [0.05, 0.1) is 21.7 Å². The molecule has 4 rings (SSSR count). The number of amides is 1. The highest BCUT2D eigenvalue weighted by molar-refractivity contribution is 7.98. The second-order valence-electron chi connectivity index (χ2n) is 6.91. The smallest absolute Gasteiger partial charge is 0.255 e. The Kier molecular flexibility index (Phi) is 6.98. The lowest BCUT2D eigenvalue weighted by molar-refractivity contribution is 0.0694. The Morgan fingerprint density at radius 2 is 1.77 bits per heavy atom. The molecule has 31 heavy (non-hydrogen) atoms. The van der Waals surface area contributed by atoms with Crippen LogP contribution in [0.3, 0.4) is 0 Å². The molecule has 0 unspecified atom stereocenters. The van der Waals surface area contributed by atoms with Gasteiger partial charge in [-0.3, -0.25) is 4.79 Å². The first-order valence-electron chi connectivity index (χ1n) is 9.59. The molecule has 0 atom stereocenters. The number of piperazine rings is 1. The van der Waals surface area contributed by atoms with Crippen LogP contribution in [0.1, 0.15) is 16.1 Å². The van der Waals surface area contributed by atoms with E-state index in [2.05, 4.69) is 4.98 Å². The summed E-state index contributed by atoms with van der Waals surface area (Å²) >= 11 is 9.00. The van der Waals surface area contributed by atoms with Crippen LogP contribution in [0.15, 0.2) is 69.2 Å².